The second kappa shape index (κ2) is 6.05. The van der Waals surface area contributed by atoms with Crippen LogP contribution in [0, 0.1) is 5.92 Å². The fourth-order valence-corrected chi connectivity index (χ4v) is 2.61. The quantitative estimate of drug-likeness (QED) is 0.309. The van der Waals surface area contributed by atoms with Crippen molar-refractivity contribution in [1.82, 2.24) is 20.2 Å². The Balaban J connectivity index is 2.85. The third-order valence-corrected chi connectivity index (χ3v) is 4.02. The number of nitrogens with zero attached hydrogens (tertiary/aromatic N) is 2. The summed E-state index contributed by atoms with van der Waals surface area (Å²) in [6.07, 6.45) is 0. The van der Waals surface area contributed by atoms with Crippen LogP contribution in [0.4, 0.5) is 0 Å². The molecule has 8 heteroatoms. The van der Waals surface area contributed by atoms with E-state index in [-0.39, 0.29) is 28.8 Å². The van der Waals surface area contributed by atoms with Gasteiger partial charge < -0.3 is 0 Å². The molecule has 18 heavy (non-hydrogen) atoms. The molecule has 0 radical (unpaired) electrons. The summed E-state index contributed by atoms with van der Waals surface area (Å²) in [5.74, 6) is 4.60. The molecular formula is C10H19N5O2S. The number of hydrogen-bond donors (Lipinski definition) is 3. The van der Waals surface area contributed by atoms with Crippen molar-refractivity contribution in [1.29, 1.82) is 0 Å². The van der Waals surface area contributed by atoms with Gasteiger partial charge in [-0.05, 0) is 13.8 Å². The Morgan fingerprint density at radius 2 is 2.06 bits per heavy atom. The van der Waals surface area contributed by atoms with E-state index in [0.717, 1.165) is 0 Å². The molecule has 0 aliphatic heterocycles. The second-order valence-corrected chi connectivity index (χ2v) is 5.74. The van der Waals surface area contributed by atoms with E-state index < -0.39 is 0 Å². The maximum atomic E-state index is 11.6. The Morgan fingerprint density at radius 1 is 1.44 bits per heavy atom. The molecule has 0 saturated carbocycles. The number of H-pyrrole nitrogens is 1. The van der Waals surface area contributed by atoms with Crippen molar-refractivity contribution in [2.75, 3.05) is 0 Å². The molecule has 1 heterocycles. The highest BCUT2D eigenvalue weighted by Gasteiger charge is 2.23. The van der Waals surface area contributed by atoms with E-state index in [1.54, 1.807) is 11.5 Å². The Bertz CT molecular complexity index is 467. The highest BCUT2D eigenvalue weighted by atomic mass is 32.2. The van der Waals surface area contributed by atoms with Crippen molar-refractivity contribution >= 4 is 17.7 Å². The lowest BCUT2D eigenvalue weighted by molar-refractivity contribution is -0.124. The van der Waals surface area contributed by atoms with E-state index in [4.69, 9.17) is 5.84 Å². The lowest BCUT2D eigenvalue weighted by Crippen LogP contribution is -2.38. The average Bonchev–Trinajstić information content (AvgIpc) is 2.68. The van der Waals surface area contributed by atoms with Crippen molar-refractivity contribution in [3.63, 3.8) is 0 Å². The molecule has 0 aliphatic rings. The topological polar surface area (TPSA) is 106 Å². The minimum Gasteiger partial charge on any atom is -0.294 e. The number of nitrogens with one attached hydrogen (secondary N) is 2. The Morgan fingerprint density at radius 3 is 2.56 bits per heavy atom. The van der Waals surface area contributed by atoms with Crippen LogP contribution >= 0.6 is 11.8 Å². The molecule has 4 N–H and O–H groups in total. The lowest BCUT2D eigenvalue weighted by atomic mass is 10.1. The molecule has 2 atom stereocenters. The van der Waals surface area contributed by atoms with Crippen molar-refractivity contribution in [2.24, 2.45) is 11.8 Å². The molecule has 0 spiro atoms. The largest absolute Gasteiger partial charge is 0.344 e. The van der Waals surface area contributed by atoms with Gasteiger partial charge in [-0.3, -0.25) is 14.8 Å². The number of amides is 1. The molecule has 1 aromatic heterocycles. The molecule has 102 valence electrons. The van der Waals surface area contributed by atoms with E-state index in [1.807, 2.05) is 20.8 Å². The predicted molar refractivity (Wildman–Crippen MR) is 70.0 cm³/mol. The molecule has 0 aromatic carbocycles. The maximum Gasteiger partial charge on any atom is 0.344 e. The molecule has 7 nitrogen and oxygen atoms in total. The normalized spacial score (nSPS) is 14.6. The number of hydrazine groups is 1. The number of thioether (sulfide) groups is 1. The molecular weight excluding hydrogens is 254 g/mol. The first-order valence-corrected chi connectivity index (χ1v) is 6.60. The zero-order valence-corrected chi connectivity index (χ0v) is 11.7. The summed E-state index contributed by atoms with van der Waals surface area (Å²) < 4.78 is 1.56. The van der Waals surface area contributed by atoms with Gasteiger partial charge in [-0.15, -0.1) is 5.10 Å². The van der Waals surface area contributed by atoms with Gasteiger partial charge in [0.15, 0.2) is 5.16 Å². The first-order valence-electron chi connectivity index (χ1n) is 5.72. The summed E-state index contributed by atoms with van der Waals surface area (Å²) in [7, 11) is 0. The Hall–Kier alpha value is -1.28. The summed E-state index contributed by atoms with van der Waals surface area (Å²) in [5.41, 5.74) is 1.88. The first kappa shape index (κ1) is 14.8. The number of carbonyl (C=O) groups is 1. The molecule has 2 unspecified atom stereocenters. The minimum atomic E-state index is -0.271. The highest BCUT2D eigenvalue weighted by Crippen LogP contribution is 2.26. The third-order valence-electron chi connectivity index (χ3n) is 2.74. The first-order chi connectivity index (χ1) is 8.38. The van der Waals surface area contributed by atoms with Gasteiger partial charge in [0.2, 0.25) is 5.91 Å². The van der Waals surface area contributed by atoms with Crippen LogP contribution in [-0.4, -0.2) is 25.9 Å². The third kappa shape index (κ3) is 3.14. The number of aromatic amines is 1. The van der Waals surface area contributed by atoms with Crippen molar-refractivity contribution in [3.05, 3.63) is 10.5 Å². The zero-order valence-electron chi connectivity index (χ0n) is 10.9. The Kier molecular flexibility index (Phi) is 4.97. The zero-order chi connectivity index (χ0) is 13.9. The highest BCUT2D eigenvalue weighted by molar-refractivity contribution is 7.99. The van der Waals surface area contributed by atoms with E-state index >= 15 is 0 Å². The molecule has 1 aromatic rings. The van der Waals surface area contributed by atoms with Crippen LogP contribution in [0.2, 0.25) is 0 Å². The summed E-state index contributed by atoms with van der Waals surface area (Å²) in [4.78, 5) is 23.0. The van der Waals surface area contributed by atoms with Crippen molar-refractivity contribution < 1.29 is 4.79 Å². The minimum absolute atomic E-state index is 0.0181. The SMILES string of the molecule is CC(Sc1n[nH]c(=O)n1C(C)C)C(C)C(=O)NN. The van der Waals surface area contributed by atoms with Gasteiger partial charge in [-0.2, -0.15) is 0 Å². The summed E-state index contributed by atoms with van der Waals surface area (Å²) in [6, 6.07) is 0.0181. The van der Waals surface area contributed by atoms with Crippen LogP contribution in [-0.2, 0) is 4.79 Å². The van der Waals surface area contributed by atoms with Crippen LogP contribution < -0.4 is 17.0 Å². The predicted octanol–water partition coefficient (Wildman–Crippen LogP) is 0.259. The molecule has 0 aliphatic carbocycles. The standard InChI is InChI=1S/C10H19N5O2S/c1-5(2)15-9(17)13-14-10(15)18-7(4)6(3)8(16)12-11/h5-7H,11H2,1-4H3,(H,12,16)(H,13,17). The summed E-state index contributed by atoms with van der Waals surface area (Å²) in [5, 5.41) is 6.93. The second-order valence-electron chi connectivity index (χ2n) is 4.40. The van der Waals surface area contributed by atoms with Crippen molar-refractivity contribution in [3.8, 4) is 0 Å². The summed E-state index contributed by atoms with van der Waals surface area (Å²) in [6.45, 7) is 7.49. The van der Waals surface area contributed by atoms with E-state index in [1.165, 1.54) is 11.8 Å². The lowest BCUT2D eigenvalue weighted by Gasteiger charge is -2.18. The molecule has 0 bridgehead atoms. The number of aromatic nitrogens is 3. The number of nitrogens with two attached hydrogens (primary N) is 1. The van der Waals surface area contributed by atoms with Crippen LogP contribution in [0.1, 0.15) is 33.7 Å². The van der Waals surface area contributed by atoms with Gasteiger partial charge >= 0.3 is 5.69 Å². The van der Waals surface area contributed by atoms with Crippen LogP contribution in [0.5, 0.6) is 0 Å². The van der Waals surface area contributed by atoms with Crippen LogP contribution in [0.15, 0.2) is 9.95 Å². The molecule has 0 saturated heterocycles. The molecule has 1 rings (SSSR count). The summed E-state index contributed by atoms with van der Waals surface area (Å²) >= 11 is 1.38. The Labute approximate surface area is 109 Å². The van der Waals surface area contributed by atoms with Gasteiger partial charge in [-0.25, -0.2) is 15.7 Å². The van der Waals surface area contributed by atoms with E-state index in [2.05, 4.69) is 15.6 Å². The van der Waals surface area contributed by atoms with E-state index in [9.17, 15) is 9.59 Å². The van der Waals surface area contributed by atoms with Crippen LogP contribution in [0.25, 0.3) is 0 Å². The van der Waals surface area contributed by atoms with E-state index in [0.29, 0.717) is 5.16 Å². The molecule has 1 amide bonds. The average molecular weight is 273 g/mol. The van der Waals surface area contributed by atoms with Gasteiger partial charge in [0.25, 0.3) is 0 Å². The number of rotatable bonds is 5. The van der Waals surface area contributed by atoms with Crippen LogP contribution in [0.3, 0.4) is 0 Å². The van der Waals surface area contributed by atoms with Gasteiger partial charge in [-0.1, -0.05) is 25.6 Å². The van der Waals surface area contributed by atoms with Gasteiger partial charge in [0.05, 0.1) is 0 Å². The number of hydrogen-bond acceptors (Lipinski definition) is 5. The fraction of sp³-hybridized carbons (Fsp3) is 0.700. The number of carbonyl (C=O) groups excluding carboxylic acids is 1. The fourth-order valence-electron chi connectivity index (χ4n) is 1.44. The molecule has 0 fully saturated rings. The van der Waals surface area contributed by atoms with Crippen molar-refractivity contribution in [2.45, 2.75) is 44.1 Å². The monoisotopic (exact) mass is 273 g/mol. The van der Waals surface area contributed by atoms with Gasteiger partial charge in [0, 0.05) is 17.2 Å². The maximum absolute atomic E-state index is 11.6. The smallest absolute Gasteiger partial charge is 0.294 e. The van der Waals surface area contributed by atoms with Gasteiger partial charge in [0.1, 0.15) is 0 Å².